The highest BCUT2D eigenvalue weighted by Gasteiger charge is 2.43. The number of alkyl halides is 2. The van der Waals surface area contributed by atoms with Crippen LogP contribution < -0.4 is 4.74 Å². The first kappa shape index (κ1) is 16.4. The van der Waals surface area contributed by atoms with Crippen molar-refractivity contribution in [1.29, 1.82) is 5.41 Å². The molecule has 9 heteroatoms. The molecule has 0 aromatic heterocycles. The van der Waals surface area contributed by atoms with Crippen LogP contribution in [0.15, 0.2) is 40.0 Å². The normalized spacial score (nSPS) is 18.0. The second-order valence-corrected chi connectivity index (χ2v) is 5.86. The minimum atomic E-state index is -3.23. The van der Waals surface area contributed by atoms with E-state index in [1.165, 1.54) is 0 Å². The third kappa shape index (κ3) is 2.64. The summed E-state index contributed by atoms with van der Waals surface area (Å²) >= 11 is 0.822. The van der Waals surface area contributed by atoms with Crippen molar-refractivity contribution in [3.63, 3.8) is 0 Å². The molecule has 1 aliphatic heterocycles. The Morgan fingerprint density at radius 3 is 2.33 bits per heavy atom. The number of ether oxygens (including phenoxy) is 1. The van der Waals surface area contributed by atoms with Crippen LogP contribution in [0.3, 0.4) is 0 Å². The van der Waals surface area contributed by atoms with Gasteiger partial charge in [-0.25, -0.2) is 17.6 Å². The molecule has 0 bridgehead atoms. The minimum Gasteiger partial charge on any atom is -0.452 e. The molecular formula is C15H7F4NO3S. The van der Waals surface area contributed by atoms with E-state index in [0.717, 1.165) is 11.8 Å². The van der Waals surface area contributed by atoms with Gasteiger partial charge in [-0.1, -0.05) is 0 Å². The predicted molar refractivity (Wildman–Crippen MR) is 77.2 cm³/mol. The van der Waals surface area contributed by atoms with Crippen LogP contribution in [0.1, 0.15) is 0 Å². The van der Waals surface area contributed by atoms with Gasteiger partial charge >= 0.3 is 0 Å². The summed E-state index contributed by atoms with van der Waals surface area (Å²) in [7, 11) is 0. The van der Waals surface area contributed by atoms with Crippen molar-refractivity contribution < 1.29 is 31.9 Å². The van der Waals surface area contributed by atoms with Gasteiger partial charge in [0.05, 0.1) is 11.3 Å². The maximum Gasteiger partial charge on any atom is 0.268 e. The zero-order chi connectivity index (χ0) is 17.6. The maximum atomic E-state index is 13.4. The van der Waals surface area contributed by atoms with Crippen molar-refractivity contribution in [2.24, 2.45) is 0 Å². The van der Waals surface area contributed by atoms with E-state index in [9.17, 15) is 27.2 Å². The van der Waals surface area contributed by atoms with Gasteiger partial charge in [-0.05, 0) is 0 Å². The maximum absolute atomic E-state index is 13.4. The molecule has 24 heavy (non-hydrogen) atoms. The summed E-state index contributed by atoms with van der Waals surface area (Å²) in [5.41, 5.74) is -2.05. The van der Waals surface area contributed by atoms with Crippen LogP contribution in [0.2, 0.25) is 0 Å². The molecule has 2 aliphatic rings. The Morgan fingerprint density at radius 2 is 1.75 bits per heavy atom. The topological polar surface area (TPSA) is 67.2 Å². The fraction of sp³-hybridized carbons (Fsp3) is 0.133. The van der Waals surface area contributed by atoms with E-state index in [0.29, 0.717) is 18.2 Å². The number of rotatable bonds is 3. The molecule has 0 atom stereocenters. The molecule has 0 fully saturated rings. The van der Waals surface area contributed by atoms with Crippen LogP contribution in [-0.2, 0) is 9.59 Å². The molecule has 1 aromatic carbocycles. The van der Waals surface area contributed by atoms with Crippen LogP contribution in [0.25, 0.3) is 0 Å². The van der Waals surface area contributed by atoms with Gasteiger partial charge in [0.15, 0.2) is 11.5 Å². The van der Waals surface area contributed by atoms with Gasteiger partial charge in [-0.15, -0.1) is 11.8 Å². The van der Waals surface area contributed by atoms with Gasteiger partial charge in [-0.2, -0.15) is 0 Å². The van der Waals surface area contributed by atoms with Gasteiger partial charge in [-0.3, -0.25) is 15.0 Å². The molecular weight excluding hydrogens is 350 g/mol. The third-order valence-corrected chi connectivity index (χ3v) is 4.41. The fourth-order valence-electron chi connectivity index (χ4n) is 2.35. The molecule has 3 rings (SSSR count). The number of hydrogen-bond donors (Lipinski definition) is 1. The van der Waals surface area contributed by atoms with E-state index >= 15 is 0 Å². The summed E-state index contributed by atoms with van der Waals surface area (Å²) in [6, 6.07) is 1.94. The molecule has 4 nitrogen and oxygen atoms in total. The van der Waals surface area contributed by atoms with Crippen molar-refractivity contribution >= 4 is 29.0 Å². The van der Waals surface area contributed by atoms with Crippen molar-refractivity contribution in [2.75, 3.05) is 5.75 Å². The Kier molecular flexibility index (Phi) is 4.04. The number of allylic oxidation sites excluding steroid dienone is 4. The molecule has 0 unspecified atom stereocenters. The van der Waals surface area contributed by atoms with Gasteiger partial charge in [0.2, 0.25) is 5.78 Å². The highest BCUT2D eigenvalue weighted by atomic mass is 32.2. The first-order chi connectivity index (χ1) is 11.3. The molecule has 0 radical (unpaired) electrons. The fourth-order valence-corrected chi connectivity index (χ4v) is 3.37. The molecule has 0 saturated carbocycles. The Balaban J connectivity index is 2.16. The van der Waals surface area contributed by atoms with Gasteiger partial charge in [0.1, 0.15) is 23.1 Å². The Labute approximate surface area is 136 Å². The van der Waals surface area contributed by atoms with E-state index in [-0.39, 0.29) is 10.7 Å². The summed E-state index contributed by atoms with van der Waals surface area (Å²) in [6.07, 6.45) is -3.23. The van der Waals surface area contributed by atoms with Gasteiger partial charge < -0.3 is 4.74 Å². The van der Waals surface area contributed by atoms with Crippen LogP contribution in [-0.4, -0.2) is 29.5 Å². The number of hydrogen-bond acceptors (Lipinski definition) is 5. The summed E-state index contributed by atoms with van der Waals surface area (Å²) in [4.78, 5) is 23.9. The third-order valence-electron chi connectivity index (χ3n) is 3.30. The molecule has 1 heterocycles. The van der Waals surface area contributed by atoms with Crippen molar-refractivity contribution in [1.82, 2.24) is 0 Å². The SMILES string of the molecule is N=C1C(=O)C(Oc2cc(F)cc(F)c2)=C(C(F)F)C2=C1SCC2=O. The van der Waals surface area contributed by atoms with Gasteiger partial charge in [0, 0.05) is 28.7 Å². The average Bonchev–Trinajstić information content (AvgIpc) is 2.85. The van der Waals surface area contributed by atoms with E-state index in [4.69, 9.17) is 10.1 Å². The standard InChI is InChI=1S/C15H7F4NO3S/c16-5-1-6(17)3-7(2-5)23-13-10(15(18)19)9-8(21)4-24-14(9)11(20)12(13)22/h1-3,15,20H,4H2. The van der Waals surface area contributed by atoms with Crippen molar-refractivity contribution in [3.8, 4) is 5.75 Å². The van der Waals surface area contributed by atoms with E-state index in [1.54, 1.807) is 0 Å². The zero-order valence-corrected chi connectivity index (χ0v) is 12.5. The number of halogens is 4. The lowest BCUT2D eigenvalue weighted by atomic mass is 9.91. The number of benzene rings is 1. The number of thioether (sulfide) groups is 1. The molecule has 1 N–H and O–H groups in total. The van der Waals surface area contributed by atoms with Crippen LogP contribution >= 0.6 is 11.8 Å². The first-order valence-electron chi connectivity index (χ1n) is 6.50. The number of nitrogens with one attached hydrogen (secondary N) is 1. The van der Waals surface area contributed by atoms with Crippen molar-refractivity contribution in [3.05, 3.63) is 51.6 Å². The van der Waals surface area contributed by atoms with Crippen LogP contribution in [0, 0.1) is 17.0 Å². The summed E-state index contributed by atoms with van der Waals surface area (Å²) in [5, 5.41) is 7.74. The van der Waals surface area contributed by atoms with Gasteiger partial charge in [0.25, 0.3) is 6.43 Å². The molecule has 0 saturated heterocycles. The predicted octanol–water partition coefficient (Wildman–Crippen LogP) is 3.04. The Morgan fingerprint density at radius 1 is 1.12 bits per heavy atom. The zero-order valence-electron chi connectivity index (χ0n) is 11.7. The largest absolute Gasteiger partial charge is 0.452 e. The van der Waals surface area contributed by atoms with E-state index in [1.807, 2.05) is 0 Å². The molecule has 124 valence electrons. The molecule has 1 aromatic rings. The molecule has 0 amide bonds. The summed E-state index contributed by atoms with van der Waals surface area (Å²) in [5.74, 6) is -5.55. The minimum absolute atomic E-state index is 0.127. The number of ketones is 2. The first-order valence-corrected chi connectivity index (χ1v) is 7.48. The number of carbonyl (C=O) groups excluding carboxylic acids is 2. The Bertz CT molecular complexity index is 840. The van der Waals surface area contributed by atoms with Crippen LogP contribution in [0.5, 0.6) is 5.75 Å². The lowest BCUT2D eigenvalue weighted by molar-refractivity contribution is -0.113. The number of carbonyl (C=O) groups is 2. The quantitative estimate of drug-likeness (QED) is 0.667. The average molecular weight is 357 g/mol. The lowest BCUT2D eigenvalue weighted by Crippen LogP contribution is -2.29. The van der Waals surface area contributed by atoms with E-state index < -0.39 is 58.0 Å². The summed E-state index contributed by atoms with van der Waals surface area (Å²) < 4.78 is 58.3. The number of Topliss-reactive ketones (excluding diaryl/α,β-unsaturated/α-hetero) is 2. The lowest BCUT2D eigenvalue weighted by Gasteiger charge is -2.20. The smallest absolute Gasteiger partial charge is 0.268 e. The summed E-state index contributed by atoms with van der Waals surface area (Å²) in [6.45, 7) is 0. The molecule has 1 aliphatic carbocycles. The second-order valence-electron chi connectivity index (χ2n) is 4.87. The molecule has 0 spiro atoms. The van der Waals surface area contributed by atoms with Crippen LogP contribution in [0.4, 0.5) is 17.6 Å². The highest BCUT2D eigenvalue weighted by Crippen LogP contribution is 2.41. The highest BCUT2D eigenvalue weighted by molar-refractivity contribution is 8.05. The van der Waals surface area contributed by atoms with Crippen molar-refractivity contribution in [2.45, 2.75) is 6.43 Å². The second kappa shape index (κ2) is 5.90. The monoisotopic (exact) mass is 357 g/mol. The Hall–Kier alpha value is -2.42. The van der Waals surface area contributed by atoms with E-state index in [2.05, 4.69) is 0 Å².